The maximum Gasteiger partial charge on any atom is 0.255 e. The Labute approximate surface area is 118 Å². The van der Waals surface area contributed by atoms with Gasteiger partial charge in [-0.25, -0.2) is 4.39 Å². The third kappa shape index (κ3) is 3.12. The summed E-state index contributed by atoms with van der Waals surface area (Å²) in [6.07, 6.45) is 0. The first-order valence-corrected chi connectivity index (χ1v) is 6.39. The molecule has 98 valence electrons. The lowest BCUT2D eigenvalue weighted by Gasteiger charge is -2.09. The van der Waals surface area contributed by atoms with E-state index >= 15 is 0 Å². The Morgan fingerprint density at radius 2 is 2.00 bits per heavy atom. The van der Waals surface area contributed by atoms with Crippen molar-refractivity contribution in [3.05, 3.63) is 57.8 Å². The van der Waals surface area contributed by atoms with Crippen LogP contribution in [0.3, 0.4) is 0 Å². The first-order chi connectivity index (χ1) is 8.97. The quantitative estimate of drug-likeness (QED) is 0.828. The lowest BCUT2D eigenvalue weighted by molar-refractivity contribution is 0.102. The number of carbonyl (C=O) groups excluding carboxylic acids is 1. The Hall–Kier alpha value is -1.88. The highest BCUT2D eigenvalue weighted by Crippen LogP contribution is 2.23. The van der Waals surface area contributed by atoms with Crippen molar-refractivity contribution in [2.75, 3.05) is 11.1 Å². The number of nitrogens with two attached hydrogens (primary N) is 1. The first kappa shape index (κ1) is 13.5. The predicted molar refractivity (Wildman–Crippen MR) is 77.6 cm³/mol. The summed E-state index contributed by atoms with van der Waals surface area (Å²) in [6.45, 7) is 1.69. The standard InChI is InChI=1S/C14H12BrFN2O/c1-8-6-9(16)2-4-11(8)14(19)18-10-3-5-12(15)13(17)7-10/h2-7H,17H2,1H3,(H,18,19). The molecule has 0 heterocycles. The van der Waals surface area contributed by atoms with Crippen LogP contribution < -0.4 is 11.1 Å². The largest absolute Gasteiger partial charge is 0.398 e. The van der Waals surface area contributed by atoms with E-state index in [4.69, 9.17) is 5.73 Å². The number of carbonyl (C=O) groups is 1. The van der Waals surface area contributed by atoms with Gasteiger partial charge in [0.2, 0.25) is 0 Å². The number of benzene rings is 2. The molecule has 0 atom stereocenters. The number of nitrogens with one attached hydrogen (secondary N) is 1. The Morgan fingerprint density at radius 1 is 1.26 bits per heavy atom. The number of anilines is 2. The van der Waals surface area contributed by atoms with Gasteiger partial charge in [0.05, 0.1) is 0 Å². The molecule has 0 saturated heterocycles. The second kappa shape index (κ2) is 5.40. The van der Waals surface area contributed by atoms with Crippen LogP contribution in [0, 0.1) is 12.7 Å². The first-order valence-electron chi connectivity index (χ1n) is 5.60. The molecule has 0 fully saturated rings. The van der Waals surface area contributed by atoms with E-state index in [2.05, 4.69) is 21.2 Å². The molecule has 3 nitrogen and oxygen atoms in total. The van der Waals surface area contributed by atoms with Crippen LogP contribution in [0.15, 0.2) is 40.9 Å². The minimum absolute atomic E-state index is 0.292. The van der Waals surface area contributed by atoms with Crippen LogP contribution >= 0.6 is 15.9 Å². The van der Waals surface area contributed by atoms with Gasteiger partial charge >= 0.3 is 0 Å². The topological polar surface area (TPSA) is 55.1 Å². The average Bonchev–Trinajstić information content (AvgIpc) is 2.33. The summed E-state index contributed by atoms with van der Waals surface area (Å²) in [4.78, 5) is 12.1. The monoisotopic (exact) mass is 322 g/mol. The molecule has 3 N–H and O–H groups in total. The van der Waals surface area contributed by atoms with Crippen LogP contribution in [0.1, 0.15) is 15.9 Å². The lowest BCUT2D eigenvalue weighted by Crippen LogP contribution is -2.13. The van der Waals surface area contributed by atoms with E-state index in [1.807, 2.05) is 0 Å². The number of hydrogen-bond donors (Lipinski definition) is 2. The molecule has 0 aliphatic carbocycles. The van der Waals surface area contributed by atoms with E-state index in [1.54, 1.807) is 25.1 Å². The van der Waals surface area contributed by atoms with E-state index in [0.29, 0.717) is 22.5 Å². The molecule has 0 aliphatic heterocycles. The third-order valence-electron chi connectivity index (χ3n) is 2.69. The molecular formula is C14H12BrFN2O. The van der Waals surface area contributed by atoms with E-state index in [1.165, 1.54) is 18.2 Å². The number of nitrogen functional groups attached to an aromatic ring is 1. The van der Waals surface area contributed by atoms with Crippen molar-refractivity contribution < 1.29 is 9.18 Å². The number of amides is 1. The summed E-state index contributed by atoms with van der Waals surface area (Å²) < 4.78 is 13.7. The minimum atomic E-state index is -0.359. The maximum absolute atomic E-state index is 13.0. The van der Waals surface area contributed by atoms with Crippen LogP contribution in [0.5, 0.6) is 0 Å². The van der Waals surface area contributed by atoms with Gasteiger partial charge < -0.3 is 11.1 Å². The van der Waals surface area contributed by atoms with Crippen LogP contribution in [0.4, 0.5) is 15.8 Å². The predicted octanol–water partition coefficient (Wildman–Crippen LogP) is 3.73. The zero-order valence-electron chi connectivity index (χ0n) is 10.2. The highest BCUT2D eigenvalue weighted by atomic mass is 79.9. The molecule has 0 radical (unpaired) electrons. The fraction of sp³-hybridized carbons (Fsp3) is 0.0714. The van der Waals surface area contributed by atoms with Crippen LogP contribution in [0.2, 0.25) is 0 Å². The summed E-state index contributed by atoms with van der Waals surface area (Å²) >= 11 is 3.28. The Morgan fingerprint density at radius 3 is 2.63 bits per heavy atom. The molecule has 0 aromatic heterocycles. The molecule has 19 heavy (non-hydrogen) atoms. The van der Waals surface area contributed by atoms with Gasteiger partial charge in [-0.2, -0.15) is 0 Å². The van der Waals surface area contributed by atoms with Crippen molar-refractivity contribution in [2.24, 2.45) is 0 Å². The molecule has 5 heteroatoms. The average molecular weight is 323 g/mol. The zero-order chi connectivity index (χ0) is 14.0. The molecule has 2 aromatic carbocycles. The highest BCUT2D eigenvalue weighted by molar-refractivity contribution is 9.10. The number of hydrogen-bond acceptors (Lipinski definition) is 2. The second-order valence-corrected chi connectivity index (χ2v) is 5.00. The summed E-state index contributed by atoms with van der Waals surface area (Å²) in [5, 5.41) is 2.72. The smallest absolute Gasteiger partial charge is 0.255 e. The van der Waals surface area contributed by atoms with Gasteiger partial charge in [-0.05, 0) is 64.8 Å². The molecule has 1 amide bonds. The molecule has 2 aromatic rings. The molecule has 0 bridgehead atoms. The summed E-state index contributed by atoms with van der Waals surface area (Å²) in [5.41, 5.74) is 7.88. The van der Waals surface area contributed by atoms with Crippen molar-refractivity contribution >= 4 is 33.2 Å². The molecule has 0 saturated carbocycles. The normalized spacial score (nSPS) is 10.3. The molecular weight excluding hydrogens is 311 g/mol. The zero-order valence-corrected chi connectivity index (χ0v) is 11.8. The van der Waals surface area contributed by atoms with E-state index in [0.717, 1.165) is 4.47 Å². The summed E-state index contributed by atoms with van der Waals surface area (Å²) in [5.74, 6) is -0.652. The molecule has 0 aliphatic rings. The van der Waals surface area contributed by atoms with Crippen molar-refractivity contribution in [1.29, 1.82) is 0 Å². The van der Waals surface area contributed by atoms with Crippen molar-refractivity contribution in [2.45, 2.75) is 6.92 Å². The number of halogens is 2. The van der Waals surface area contributed by atoms with E-state index < -0.39 is 0 Å². The number of aryl methyl sites for hydroxylation is 1. The Kier molecular flexibility index (Phi) is 3.85. The molecule has 2 rings (SSSR count). The lowest BCUT2D eigenvalue weighted by atomic mass is 10.1. The van der Waals surface area contributed by atoms with Gasteiger partial charge in [-0.3, -0.25) is 4.79 Å². The summed E-state index contributed by atoms with van der Waals surface area (Å²) in [6, 6.07) is 9.19. The van der Waals surface area contributed by atoms with Crippen LogP contribution in [-0.4, -0.2) is 5.91 Å². The maximum atomic E-state index is 13.0. The SMILES string of the molecule is Cc1cc(F)ccc1C(=O)Nc1ccc(Br)c(N)c1. The Bertz CT molecular complexity index is 643. The van der Waals surface area contributed by atoms with Crippen molar-refractivity contribution in [1.82, 2.24) is 0 Å². The van der Waals surface area contributed by atoms with Crippen LogP contribution in [0.25, 0.3) is 0 Å². The summed E-state index contributed by atoms with van der Waals surface area (Å²) in [7, 11) is 0. The van der Waals surface area contributed by atoms with Gasteiger partial charge in [0, 0.05) is 21.4 Å². The van der Waals surface area contributed by atoms with Gasteiger partial charge in [0.15, 0.2) is 0 Å². The second-order valence-electron chi connectivity index (χ2n) is 4.15. The number of rotatable bonds is 2. The Balaban J connectivity index is 2.23. The minimum Gasteiger partial charge on any atom is -0.398 e. The van der Waals surface area contributed by atoms with E-state index in [-0.39, 0.29) is 11.7 Å². The van der Waals surface area contributed by atoms with Crippen molar-refractivity contribution in [3.63, 3.8) is 0 Å². The van der Waals surface area contributed by atoms with Gasteiger partial charge in [0.25, 0.3) is 5.91 Å². The van der Waals surface area contributed by atoms with Gasteiger partial charge in [0.1, 0.15) is 5.82 Å². The fourth-order valence-electron chi connectivity index (χ4n) is 1.70. The third-order valence-corrected chi connectivity index (χ3v) is 3.41. The van der Waals surface area contributed by atoms with Gasteiger partial charge in [-0.15, -0.1) is 0 Å². The van der Waals surface area contributed by atoms with Crippen molar-refractivity contribution in [3.8, 4) is 0 Å². The van der Waals surface area contributed by atoms with Gasteiger partial charge in [-0.1, -0.05) is 0 Å². The van der Waals surface area contributed by atoms with Crippen LogP contribution in [-0.2, 0) is 0 Å². The fourth-order valence-corrected chi connectivity index (χ4v) is 1.95. The molecule has 0 unspecified atom stereocenters. The highest BCUT2D eigenvalue weighted by Gasteiger charge is 2.10. The molecule has 0 spiro atoms. The van der Waals surface area contributed by atoms with E-state index in [9.17, 15) is 9.18 Å².